The first-order chi connectivity index (χ1) is 16.9. The molecule has 9 heteroatoms. The Kier molecular flexibility index (Phi) is 10.4. The zero-order valence-corrected chi connectivity index (χ0v) is 23.3. The lowest BCUT2D eigenvalue weighted by Crippen LogP contribution is -2.33. The van der Waals surface area contributed by atoms with Crippen molar-refractivity contribution in [2.45, 2.75) is 52.4 Å². The molecule has 0 atom stereocenters. The molecule has 2 saturated heterocycles. The van der Waals surface area contributed by atoms with Crippen LogP contribution in [0.15, 0.2) is 39.8 Å². The maximum absolute atomic E-state index is 11.9. The molecule has 1 aromatic carbocycles. The van der Waals surface area contributed by atoms with Gasteiger partial charge < -0.3 is 20.8 Å². The van der Waals surface area contributed by atoms with Crippen LogP contribution >= 0.6 is 27.3 Å². The quantitative estimate of drug-likeness (QED) is 0.285. The molecule has 0 aliphatic carbocycles. The van der Waals surface area contributed by atoms with Crippen molar-refractivity contribution in [3.63, 3.8) is 0 Å². The predicted molar refractivity (Wildman–Crippen MR) is 153 cm³/mol. The number of carboxylic acid groups (broad SMARTS) is 1. The van der Waals surface area contributed by atoms with Crippen molar-refractivity contribution in [1.29, 1.82) is 0 Å². The Balaban J connectivity index is 0.000000453. The molecule has 0 bridgehead atoms. The standard InChI is InChI=1S/C22H22BrN3O2S.C5H11N.H2O/c1-13-12-17(15-6-8-16(23)9-7-15)25-21-18(13)19(20(29-21)22(27)28)24-14(2)26-10-4-3-5-11-26;1-2-4-6-5-3-1;/h6-9,12H,3-5,10-11H2,1-2H3,(H,27,28);6H,1-5H2;1H2. The number of piperidine rings is 2. The number of nitrogens with zero attached hydrogens (tertiary/aromatic N) is 3. The van der Waals surface area contributed by atoms with Crippen LogP contribution in [-0.2, 0) is 0 Å². The van der Waals surface area contributed by atoms with E-state index < -0.39 is 5.97 Å². The van der Waals surface area contributed by atoms with Crippen molar-refractivity contribution in [3.05, 3.63) is 45.2 Å². The van der Waals surface area contributed by atoms with Gasteiger partial charge in [0.05, 0.1) is 5.69 Å². The highest BCUT2D eigenvalue weighted by molar-refractivity contribution is 9.10. The second kappa shape index (κ2) is 13.3. The Morgan fingerprint density at radius 1 is 1.08 bits per heavy atom. The molecule has 4 N–H and O–H groups in total. The molecule has 0 saturated carbocycles. The second-order valence-corrected chi connectivity index (χ2v) is 11.0. The van der Waals surface area contributed by atoms with Crippen molar-refractivity contribution in [3.8, 4) is 11.3 Å². The van der Waals surface area contributed by atoms with E-state index in [0.717, 1.165) is 58.4 Å². The molecule has 0 amide bonds. The molecule has 2 aliphatic rings. The molecule has 194 valence electrons. The van der Waals surface area contributed by atoms with Gasteiger partial charge in [0.25, 0.3) is 0 Å². The summed E-state index contributed by atoms with van der Waals surface area (Å²) in [4.78, 5) is 24.7. The second-order valence-electron chi connectivity index (χ2n) is 9.11. The van der Waals surface area contributed by atoms with Crippen LogP contribution in [-0.4, -0.2) is 58.5 Å². The summed E-state index contributed by atoms with van der Waals surface area (Å²) >= 11 is 4.66. The highest BCUT2D eigenvalue weighted by Gasteiger charge is 2.22. The molecule has 0 spiro atoms. The van der Waals surface area contributed by atoms with Gasteiger partial charge in [-0.05, 0) is 82.8 Å². The summed E-state index contributed by atoms with van der Waals surface area (Å²) < 4.78 is 1.01. The van der Waals surface area contributed by atoms with Crippen LogP contribution < -0.4 is 5.32 Å². The van der Waals surface area contributed by atoms with Gasteiger partial charge in [0.2, 0.25) is 0 Å². The van der Waals surface area contributed by atoms with Crippen LogP contribution in [0.25, 0.3) is 21.5 Å². The molecule has 2 fully saturated rings. The lowest BCUT2D eigenvalue weighted by atomic mass is 10.1. The number of nitrogens with one attached hydrogen (secondary N) is 1. The van der Waals surface area contributed by atoms with Crippen molar-refractivity contribution >= 4 is 55.0 Å². The van der Waals surface area contributed by atoms with E-state index in [0.29, 0.717) is 10.5 Å². The topological polar surface area (TPSA) is 109 Å². The van der Waals surface area contributed by atoms with E-state index in [-0.39, 0.29) is 10.4 Å². The first kappa shape index (κ1) is 28.2. The summed E-state index contributed by atoms with van der Waals surface area (Å²) in [6, 6.07) is 9.97. The lowest BCUT2D eigenvalue weighted by molar-refractivity contribution is 0.0703. The third-order valence-electron chi connectivity index (χ3n) is 6.46. The fraction of sp³-hybridized carbons (Fsp3) is 0.444. The summed E-state index contributed by atoms with van der Waals surface area (Å²) in [6.45, 7) is 8.43. The number of likely N-dealkylation sites (tertiary alicyclic amines) is 1. The summed E-state index contributed by atoms with van der Waals surface area (Å²) in [7, 11) is 0. The molecule has 5 rings (SSSR count). The Hall–Kier alpha value is -2.33. The van der Waals surface area contributed by atoms with Gasteiger partial charge in [0, 0.05) is 28.5 Å². The van der Waals surface area contributed by atoms with Crippen LogP contribution in [0.3, 0.4) is 0 Å². The van der Waals surface area contributed by atoms with Gasteiger partial charge >= 0.3 is 5.97 Å². The summed E-state index contributed by atoms with van der Waals surface area (Å²) in [6.07, 6.45) is 7.76. The SMILES string of the molecule is C1CCNCC1.CC(=Nc1c(C(=O)O)sc2nc(-c3ccc(Br)cc3)cc(C)c12)N1CCCCC1.O. The number of hydrogen-bond donors (Lipinski definition) is 2. The van der Waals surface area contributed by atoms with Gasteiger partial charge in [0.1, 0.15) is 21.2 Å². The smallest absolute Gasteiger partial charge is 0.348 e. The lowest BCUT2D eigenvalue weighted by Gasteiger charge is -2.28. The third-order valence-corrected chi connectivity index (χ3v) is 8.05. The van der Waals surface area contributed by atoms with Gasteiger partial charge in [-0.25, -0.2) is 14.8 Å². The van der Waals surface area contributed by atoms with Crippen LogP contribution in [0.4, 0.5) is 5.69 Å². The molecule has 2 aromatic heterocycles. The van der Waals surface area contributed by atoms with E-state index in [2.05, 4.69) is 26.1 Å². The highest BCUT2D eigenvalue weighted by Crippen LogP contribution is 2.41. The average Bonchev–Trinajstić information content (AvgIpc) is 3.25. The number of carboxylic acids is 1. The van der Waals surface area contributed by atoms with Gasteiger partial charge in [-0.3, -0.25) is 0 Å². The number of carbonyl (C=O) groups is 1. The fourth-order valence-electron chi connectivity index (χ4n) is 4.54. The van der Waals surface area contributed by atoms with Crippen LogP contribution in [0.1, 0.15) is 60.7 Å². The minimum absolute atomic E-state index is 0. The summed E-state index contributed by atoms with van der Waals surface area (Å²) in [5.41, 5.74) is 3.36. The Morgan fingerprint density at radius 2 is 1.72 bits per heavy atom. The van der Waals surface area contributed by atoms with E-state index in [1.54, 1.807) is 0 Å². The van der Waals surface area contributed by atoms with Crippen molar-refractivity contribution < 1.29 is 15.4 Å². The summed E-state index contributed by atoms with van der Waals surface area (Å²) in [5.74, 6) is -0.0777. The number of rotatable bonds is 3. The van der Waals surface area contributed by atoms with E-state index >= 15 is 0 Å². The van der Waals surface area contributed by atoms with E-state index in [4.69, 9.17) is 9.98 Å². The maximum Gasteiger partial charge on any atom is 0.348 e. The zero-order chi connectivity index (χ0) is 24.8. The molecule has 3 aromatic rings. The van der Waals surface area contributed by atoms with Gasteiger partial charge in [-0.15, -0.1) is 11.3 Å². The van der Waals surface area contributed by atoms with E-state index in [1.165, 1.54) is 50.1 Å². The molecule has 0 radical (unpaired) electrons. The van der Waals surface area contributed by atoms with Crippen LogP contribution in [0.5, 0.6) is 0 Å². The number of hydrogen-bond acceptors (Lipinski definition) is 5. The number of fused-ring (bicyclic) bond motifs is 1. The molecular weight excluding hydrogens is 540 g/mol. The predicted octanol–water partition coefficient (Wildman–Crippen LogP) is 6.20. The van der Waals surface area contributed by atoms with Crippen molar-refractivity contribution in [1.82, 2.24) is 15.2 Å². The monoisotopic (exact) mass is 574 g/mol. The number of aromatic carboxylic acids is 1. The number of aryl methyl sites for hydroxylation is 1. The zero-order valence-electron chi connectivity index (χ0n) is 20.9. The number of thiophene rings is 1. The van der Waals surface area contributed by atoms with Gasteiger partial charge in [0.15, 0.2) is 0 Å². The molecule has 7 nitrogen and oxygen atoms in total. The number of benzene rings is 1. The van der Waals surface area contributed by atoms with E-state index in [9.17, 15) is 9.90 Å². The molecular formula is C27H35BrN4O3S. The third kappa shape index (κ3) is 6.91. The van der Waals surface area contributed by atoms with E-state index in [1.807, 2.05) is 44.2 Å². The fourth-order valence-corrected chi connectivity index (χ4v) is 5.83. The normalized spacial score (nSPS) is 16.2. The first-order valence-corrected chi connectivity index (χ1v) is 14.0. The number of halogens is 1. The number of pyridine rings is 1. The van der Waals surface area contributed by atoms with Crippen LogP contribution in [0, 0.1) is 6.92 Å². The Labute approximate surface area is 225 Å². The molecule has 36 heavy (non-hydrogen) atoms. The highest BCUT2D eigenvalue weighted by atomic mass is 79.9. The van der Waals surface area contributed by atoms with Gasteiger partial charge in [-0.1, -0.05) is 34.5 Å². The molecule has 4 heterocycles. The minimum Gasteiger partial charge on any atom is -0.477 e. The van der Waals surface area contributed by atoms with Crippen LogP contribution in [0.2, 0.25) is 0 Å². The largest absolute Gasteiger partial charge is 0.477 e. The van der Waals surface area contributed by atoms with Crippen molar-refractivity contribution in [2.75, 3.05) is 26.2 Å². The average molecular weight is 576 g/mol. The molecule has 2 aliphatic heterocycles. The molecule has 0 unspecified atom stereocenters. The van der Waals surface area contributed by atoms with Gasteiger partial charge in [-0.2, -0.15) is 0 Å². The number of amidine groups is 1. The number of aromatic nitrogens is 1. The van der Waals surface area contributed by atoms with Crippen molar-refractivity contribution in [2.24, 2.45) is 4.99 Å². The Bertz CT molecular complexity index is 1190. The first-order valence-electron chi connectivity index (χ1n) is 12.4. The minimum atomic E-state index is -0.956. The maximum atomic E-state index is 11.9. The Morgan fingerprint density at radius 3 is 2.28 bits per heavy atom. The number of aliphatic imine (C=N–C) groups is 1. The summed E-state index contributed by atoms with van der Waals surface area (Å²) in [5, 5.41) is 13.9.